The number of unbranched alkanes of at least 4 members (excludes halogenated alkanes) is 2. The van der Waals surface area contributed by atoms with Gasteiger partial charge in [-0.2, -0.15) is 0 Å². The van der Waals surface area contributed by atoms with Crippen LogP contribution in [0.1, 0.15) is 39.5 Å². The van der Waals surface area contributed by atoms with E-state index in [0.717, 1.165) is 12.8 Å². The van der Waals surface area contributed by atoms with Crippen LogP contribution in [0.2, 0.25) is 0 Å². The zero-order valence-electron chi connectivity index (χ0n) is 10.2. The van der Waals surface area contributed by atoms with Gasteiger partial charge in [0.25, 0.3) is 0 Å². The van der Waals surface area contributed by atoms with Gasteiger partial charge in [0.15, 0.2) is 0 Å². The summed E-state index contributed by atoms with van der Waals surface area (Å²) in [5.41, 5.74) is 0. The molecule has 0 bridgehead atoms. The van der Waals surface area contributed by atoms with E-state index < -0.39 is 15.2 Å². The van der Waals surface area contributed by atoms with Crippen LogP contribution in [0.4, 0.5) is 0 Å². The molecule has 0 aliphatic carbocycles. The largest absolute Gasteiger partial charge is 0.325 e. The summed E-state index contributed by atoms with van der Waals surface area (Å²) in [4.78, 5) is 33.0. The van der Waals surface area contributed by atoms with E-state index in [9.17, 15) is 9.13 Å². The van der Waals surface area contributed by atoms with Crippen molar-refractivity contribution >= 4 is 15.2 Å². The van der Waals surface area contributed by atoms with Crippen LogP contribution in [-0.4, -0.2) is 31.9 Å². The maximum Gasteiger partial charge on any atom is 0.325 e. The Morgan fingerprint density at radius 1 is 0.765 bits per heavy atom. The normalized spacial score (nSPS) is 11.2. The second-order valence-corrected chi connectivity index (χ2v) is 7.04. The van der Waals surface area contributed by atoms with Gasteiger partial charge in [0, 0.05) is 53.2 Å². The first-order valence-corrected chi connectivity index (χ1v) is 8.81. The molecule has 0 aliphatic rings. The van der Waals surface area contributed by atoms with E-state index in [1.165, 1.54) is 0 Å². The summed E-state index contributed by atoms with van der Waals surface area (Å²) < 4.78 is 20.2. The van der Waals surface area contributed by atoms with Crippen molar-refractivity contribution in [1.29, 1.82) is 0 Å². The molecule has 0 aromatic carbocycles. The topological polar surface area (TPSA) is 115 Å². The summed E-state index contributed by atoms with van der Waals surface area (Å²) >= 11 is 0. The Hall–Kier alpha value is 1.65. The molecule has 6 nitrogen and oxygen atoms in total. The second-order valence-electron chi connectivity index (χ2n) is 3.48. The van der Waals surface area contributed by atoms with Gasteiger partial charge >= 0.3 is 15.2 Å². The Bertz CT molecular complexity index is 222. The van der Waals surface area contributed by atoms with Gasteiger partial charge in [-0.3, -0.25) is 9.13 Å². The fraction of sp³-hybridized carbons (Fsp3) is 1.00. The molecule has 4 N–H and O–H groups in total. The first-order valence-electron chi connectivity index (χ1n) is 5.21. The molecule has 0 unspecified atom stereocenters. The monoisotopic (exact) mass is 418 g/mol. The standard InChI is InChI=1S/2C4H11O3P.Nd/c2*1-2-3-4-8(5,6)7;/h2*2-4H2,1H3,(H2,5,6,7);. The zero-order chi connectivity index (χ0) is 13.2. The fourth-order valence-corrected chi connectivity index (χ4v) is 2.18. The minimum atomic E-state index is -3.68. The molecule has 17 heavy (non-hydrogen) atoms. The summed E-state index contributed by atoms with van der Waals surface area (Å²) in [7, 11) is -7.36. The van der Waals surface area contributed by atoms with Crippen molar-refractivity contribution in [2.75, 3.05) is 12.3 Å². The third-order valence-electron chi connectivity index (χ3n) is 1.61. The molecule has 0 saturated heterocycles. The molecule has 0 saturated carbocycles. The van der Waals surface area contributed by atoms with Gasteiger partial charge in [-0.05, 0) is 12.8 Å². The van der Waals surface area contributed by atoms with Crippen LogP contribution in [0.5, 0.6) is 0 Å². The van der Waals surface area contributed by atoms with Gasteiger partial charge in [-0.15, -0.1) is 0 Å². The van der Waals surface area contributed by atoms with Crippen molar-refractivity contribution in [3.8, 4) is 0 Å². The Morgan fingerprint density at radius 3 is 1.06 bits per heavy atom. The van der Waals surface area contributed by atoms with Gasteiger partial charge in [0.2, 0.25) is 0 Å². The van der Waals surface area contributed by atoms with Crippen LogP contribution in [0.25, 0.3) is 0 Å². The predicted molar refractivity (Wildman–Crippen MR) is 63.6 cm³/mol. The van der Waals surface area contributed by atoms with Crippen LogP contribution in [0.15, 0.2) is 0 Å². The third kappa shape index (κ3) is 31.9. The molecule has 0 spiro atoms. The van der Waals surface area contributed by atoms with Gasteiger partial charge in [0.1, 0.15) is 0 Å². The van der Waals surface area contributed by atoms with Crippen LogP contribution >= 0.6 is 15.2 Å². The average molecular weight is 420 g/mol. The zero-order valence-corrected chi connectivity index (χ0v) is 15.2. The van der Waals surface area contributed by atoms with Gasteiger partial charge in [-0.1, -0.05) is 26.7 Å². The van der Waals surface area contributed by atoms with Crippen LogP contribution in [0, 0.1) is 40.8 Å². The molecule has 0 heterocycles. The molecule has 0 fully saturated rings. The predicted octanol–water partition coefficient (Wildman–Crippen LogP) is 1.93. The molecule has 0 amide bonds. The van der Waals surface area contributed by atoms with E-state index in [1.54, 1.807) is 0 Å². The third-order valence-corrected chi connectivity index (χ3v) is 3.40. The van der Waals surface area contributed by atoms with Gasteiger partial charge in [-0.25, -0.2) is 0 Å². The van der Waals surface area contributed by atoms with Crippen molar-refractivity contribution in [2.24, 2.45) is 0 Å². The molecule has 0 radical (unpaired) electrons. The number of hydrogen-bond donors (Lipinski definition) is 4. The van der Waals surface area contributed by atoms with E-state index in [0.29, 0.717) is 12.8 Å². The molecule has 0 rings (SSSR count). The maximum absolute atomic E-state index is 10.1. The van der Waals surface area contributed by atoms with E-state index >= 15 is 0 Å². The fourth-order valence-electron chi connectivity index (χ4n) is 0.728. The van der Waals surface area contributed by atoms with Gasteiger partial charge < -0.3 is 19.6 Å². The van der Waals surface area contributed by atoms with Crippen LogP contribution < -0.4 is 0 Å². The summed E-state index contributed by atoms with van der Waals surface area (Å²) in [5, 5.41) is 0. The van der Waals surface area contributed by atoms with E-state index in [4.69, 9.17) is 19.6 Å². The van der Waals surface area contributed by atoms with E-state index in [-0.39, 0.29) is 53.2 Å². The van der Waals surface area contributed by atoms with Crippen LogP contribution in [0.3, 0.4) is 0 Å². The van der Waals surface area contributed by atoms with Crippen molar-refractivity contribution < 1.29 is 69.5 Å². The van der Waals surface area contributed by atoms with E-state index in [2.05, 4.69) is 0 Å². The summed E-state index contributed by atoms with van der Waals surface area (Å²) in [6.45, 7) is 3.80. The van der Waals surface area contributed by atoms with Crippen molar-refractivity contribution in [2.45, 2.75) is 39.5 Å². The molecule has 0 aromatic rings. The van der Waals surface area contributed by atoms with Crippen molar-refractivity contribution in [3.05, 3.63) is 0 Å². The summed E-state index contributed by atoms with van der Waals surface area (Å²) in [6, 6.07) is 0. The molecule has 104 valence electrons. The minimum Gasteiger partial charge on any atom is -0.324 e. The Balaban J connectivity index is -0.000000218. The van der Waals surface area contributed by atoms with Crippen LogP contribution in [-0.2, 0) is 9.13 Å². The SMILES string of the molecule is CCCCP(=O)(O)O.CCCCP(=O)(O)O.[Nd]. The van der Waals surface area contributed by atoms with Gasteiger partial charge in [0.05, 0.1) is 0 Å². The first kappa shape index (κ1) is 23.7. The molecule has 0 atom stereocenters. The summed E-state index contributed by atoms with van der Waals surface area (Å²) in [6.07, 6.45) is 2.97. The number of hydrogen-bond acceptors (Lipinski definition) is 2. The Kier molecular flexibility index (Phi) is 17.7. The summed E-state index contributed by atoms with van der Waals surface area (Å²) in [5.74, 6) is 0. The molecule has 9 heteroatoms. The molecule has 0 aromatic heterocycles. The molecule has 0 aliphatic heterocycles. The average Bonchev–Trinajstić information content (AvgIpc) is 2.10. The Labute approximate surface area is 135 Å². The molecular formula is C8H22NdO6P2. The minimum absolute atomic E-state index is 0. The van der Waals surface area contributed by atoms with E-state index in [1.807, 2.05) is 13.8 Å². The number of rotatable bonds is 6. The quantitative estimate of drug-likeness (QED) is 0.488. The van der Waals surface area contributed by atoms with Crippen molar-refractivity contribution in [3.63, 3.8) is 0 Å². The smallest absolute Gasteiger partial charge is 0.324 e. The molecular weight excluding hydrogens is 398 g/mol. The maximum atomic E-state index is 10.1. The first-order chi connectivity index (χ1) is 7.12. The second kappa shape index (κ2) is 12.7. The van der Waals surface area contributed by atoms with Crippen molar-refractivity contribution in [1.82, 2.24) is 0 Å². The Morgan fingerprint density at radius 2 is 1.00 bits per heavy atom.